The van der Waals surface area contributed by atoms with E-state index in [4.69, 9.17) is 4.74 Å². The van der Waals surface area contributed by atoms with Gasteiger partial charge in [0.15, 0.2) is 0 Å². The van der Waals surface area contributed by atoms with Crippen LogP contribution in [0.15, 0.2) is 0 Å². The average molecular weight is 270 g/mol. The zero-order chi connectivity index (χ0) is 13.9. The summed E-state index contributed by atoms with van der Waals surface area (Å²) in [6.07, 6.45) is 4.11. The van der Waals surface area contributed by atoms with Gasteiger partial charge < -0.3 is 20.1 Å². The van der Waals surface area contributed by atoms with E-state index in [9.17, 15) is 14.7 Å². The van der Waals surface area contributed by atoms with E-state index in [0.29, 0.717) is 25.9 Å². The Bertz CT molecular complexity index is 353. The Morgan fingerprint density at radius 2 is 2.11 bits per heavy atom. The second kappa shape index (κ2) is 5.77. The summed E-state index contributed by atoms with van der Waals surface area (Å²) >= 11 is 0. The number of amides is 2. The van der Waals surface area contributed by atoms with E-state index < -0.39 is 11.4 Å². The molecule has 1 unspecified atom stereocenters. The molecule has 0 radical (unpaired) electrons. The molecule has 2 fully saturated rings. The molecule has 1 aliphatic carbocycles. The molecule has 0 spiro atoms. The number of aliphatic carboxylic acids is 1. The molecule has 6 heteroatoms. The molecule has 0 bridgehead atoms. The number of hydrogen-bond donors (Lipinski definition) is 2. The highest BCUT2D eigenvalue weighted by Gasteiger charge is 2.41. The Kier molecular flexibility index (Phi) is 4.29. The summed E-state index contributed by atoms with van der Waals surface area (Å²) in [4.78, 5) is 25.1. The first kappa shape index (κ1) is 14.1. The molecule has 2 N–H and O–H groups in total. The zero-order valence-electron chi connectivity index (χ0n) is 11.4. The van der Waals surface area contributed by atoms with Crippen molar-refractivity contribution >= 4 is 12.0 Å². The quantitative estimate of drug-likeness (QED) is 0.800. The lowest BCUT2D eigenvalue weighted by atomic mass is 9.86. The van der Waals surface area contributed by atoms with Gasteiger partial charge in [0.25, 0.3) is 0 Å². The number of urea groups is 1. The number of methoxy groups -OCH3 is 1. The number of carbonyl (C=O) groups is 2. The van der Waals surface area contributed by atoms with Crippen molar-refractivity contribution in [2.24, 2.45) is 5.41 Å². The molecule has 19 heavy (non-hydrogen) atoms. The second-order valence-corrected chi connectivity index (χ2v) is 5.54. The van der Waals surface area contributed by atoms with Crippen molar-refractivity contribution in [3.63, 3.8) is 0 Å². The highest BCUT2D eigenvalue weighted by molar-refractivity contribution is 5.78. The molecule has 6 nitrogen and oxygen atoms in total. The number of nitrogens with one attached hydrogen (secondary N) is 1. The Morgan fingerprint density at radius 3 is 2.63 bits per heavy atom. The summed E-state index contributed by atoms with van der Waals surface area (Å²) in [5.74, 6) is -0.790. The van der Waals surface area contributed by atoms with Gasteiger partial charge in [0.05, 0.1) is 11.5 Å². The molecule has 1 saturated heterocycles. The number of likely N-dealkylation sites (tertiary alicyclic amines) is 1. The molecular weight excluding hydrogens is 248 g/mol. The van der Waals surface area contributed by atoms with Gasteiger partial charge >= 0.3 is 12.0 Å². The van der Waals surface area contributed by atoms with Crippen molar-refractivity contribution in [2.75, 3.05) is 26.7 Å². The van der Waals surface area contributed by atoms with E-state index in [1.165, 1.54) is 0 Å². The first-order valence-corrected chi connectivity index (χ1v) is 6.86. The fourth-order valence-electron chi connectivity index (χ4n) is 2.98. The highest BCUT2D eigenvalue weighted by Crippen LogP contribution is 2.37. The molecule has 0 aromatic carbocycles. The minimum absolute atomic E-state index is 0.102. The van der Waals surface area contributed by atoms with E-state index in [0.717, 1.165) is 19.3 Å². The Labute approximate surface area is 113 Å². The number of carboxylic acids is 1. The van der Waals surface area contributed by atoms with Crippen molar-refractivity contribution in [1.82, 2.24) is 10.2 Å². The summed E-state index contributed by atoms with van der Waals surface area (Å²) in [7, 11) is 1.64. The van der Waals surface area contributed by atoms with E-state index in [1.807, 2.05) is 0 Å². The predicted octanol–water partition coefficient (Wildman–Crippen LogP) is 1.06. The lowest BCUT2D eigenvalue weighted by molar-refractivity contribution is -0.148. The van der Waals surface area contributed by atoms with Gasteiger partial charge in [0, 0.05) is 26.7 Å². The van der Waals surface area contributed by atoms with Crippen LogP contribution in [0.3, 0.4) is 0 Å². The van der Waals surface area contributed by atoms with Gasteiger partial charge in [-0.1, -0.05) is 12.8 Å². The summed E-state index contributed by atoms with van der Waals surface area (Å²) < 4.78 is 5.21. The van der Waals surface area contributed by atoms with Gasteiger partial charge in [0.1, 0.15) is 0 Å². The van der Waals surface area contributed by atoms with E-state index >= 15 is 0 Å². The van der Waals surface area contributed by atoms with Crippen molar-refractivity contribution in [2.45, 2.75) is 38.2 Å². The molecule has 1 saturated carbocycles. The lowest BCUT2D eigenvalue weighted by Gasteiger charge is -2.26. The minimum atomic E-state index is -0.790. The summed E-state index contributed by atoms with van der Waals surface area (Å²) in [6, 6.07) is -0.174. The standard InChI is InChI=1S/C13H22N2O4/c1-19-10-4-7-15(8-10)12(18)14-9-13(11(16)17)5-2-3-6-13/h10H,2-9H2,1H3,(H,14,18)(H,16,17). The minimum Gasteiger partial charge on any atom is -0.481 e. The van der Waals surface area contributed by atoms with Gasteiger partial charge in [-0.25, -0.2) is 4.79 Å². The molecule has 1 atom stereocenters. The number of hydrogen-bond acceptors (Lipinski definition) is 3. The number of ether oxygens (including phenoxy) is 1. The van der Waals surface area contributed by atoms with Crippen molar-refractivity contribution < 1.29 is 19.4 Å². The number of rotatable bonds is 4. The normalized spacial score (nSPS) is 25.5. The second-order valence-electron chi connectivity index (χ2n) is 5.54. The molecular formula is C13H22N2O4. The molecule has 2 rings (SSSR count). The van der Waals surface area contributed by atoms with Crippen LogP contribution in [-0.4, -0.2) is 54.9 Å². The van der Waals surface area contributed by atoms with Crippen LogP contribution in [0.2, 0.25) is 0 Å². The number of carboxylic acid groups (broad SMARTS) is 1. The topological polar surface area (TPSA) is 78.9 Å². The predicted molar refractivity (Wildman–Crippen MR) is 68.9 cm³/mol. The van der Waals surface area contributed by atoms with Gasteiger partial charge in [-0.05, 0) is 19.3 Å². The summed E-state index contributed by atoms with van der Waals surface area (Å²) in [5, 5.41) is 12.1. The molecule has 0 aromatic heterocycles. The Morgan fingerprint density at radius 1 is 1.42 bits per heavy atom. The van der Waals surface area contributed by atoms with Crippen LogP contribution in [0, 0.1) is 5.41 Å². The Hall–Kier alpha value is -1.30. The van der Waals surface area contributed by atoms with E-state index in [2.05, 4.69) is 5.32 Å². The third kappa shape index (κ3) is 3.00. The average Bonchev–Trinajstić information content (AvgIpc) is 3.05. The third-order valence-electron chi connectivity index (χ3n) is 4.36. The molecule has 2 amide bonds. The van der Waals surface area contributed by atoms with Crippen LogP contribution in [0.1, 0.15) is 32.1 Å². The largest absolute Gasteiger partial charge is 0.481 e. The molecule has 1 aliphatic heterocycles. The maximum absolute atomic E-state index is 12.0. The van der Waals surface area contributed by atoms with Crippen LogP contribution in [-0.2, 0) is 9.53 Å². The van der Waals surface area contributed by atoms with Crippen molar-refractivity contribution in [3.8, 4) is 0 Å². The molecule has 1 heterocycles. The van der Waals surface area contributed by atoms with Crippen molar-refractivity contribution in [1.29, 1.82) is 0 Å². The third-order valence-corrected chi connectivity index (χ3v) is 4.36. The maximum Gasteiger partial charge on any atom is 0.317 e. The van der Waals surface area contributed by atoms with Crippen LogP contribution in [0.4, 0.5) is 4.79 Å². The first-order chi connectivity index (χ1) is 9.07. The molecule has 0 aromatic rings. The fraction of sp³-hybridized carbons (Fsp3) is 0.846. The SMILES string of the molecule is COC1CCN(C(=O)NCC2(C(=O)O)CCCC2)C1. The van der Waals surface area contributed by atoms with Gasteiger partial charge in [0.2, 0.25) is 0 Å². The fourth-order valence-corrected chi connectivity index (χ4v) is 2.98. The summed E-state index contributed by atoms with van der Waals surface area (Å²) in [5.41, 5.74) is -0.754. The lowest BCUT2D eigenvalue weighted by Crippen LogP contribution is -2.46. The van der Waals surface area contributed by atoms with E-state index in [-0.39, 0.29) is 18.7 Å². The van der Waals surface area contributed by atoms with Crippen LogP contribution >= 0.6 is 0 Å². The number of nitrogens with zero attached hydrogens (tertiary/aromatic N) is 1. The smallest absolute Gasteiger partial charge is 0.317 e. The van der Waals surface area contributed by atoms with Crippen LogP contribution in [0.25, 0.3) is 0 Å². The van der Waals surface area contributed by atoms with Gasteiger partial charge in [-0.2, -0.15) is 0 Å². The van der Waals surface area contributed by atoms with E-state index in [1.54, 1.807) is 12.0 Å². The first-order valence-electron chi connectivity index (χ1n) is 6.86. The Balaban J connectivity index is 1.84. The monoisotopic (exact) mass is 270 g/mol. The summed E-state index contributed by atoms with van der Waals surface area (Å²) in [6.45, 7) is 1.49. The number of carbonyl (C=O) groups excluding carboxylic acids is 1. The van der Waals surface area contributed by atoms with Crippen LogP contribution < -0.4 is 5.32 Å². The van der Waals surface area contributed by atoms with Gasteiger partial charge in [-0.3, -0.25) is 4.79 Å². The van der Waals surface area contributed by atoms with Crippen LogP contribution in [0.5, 0.6) is 0 Å². The zero-order valence-corrected chi connectivity index (χ0v) is 11.4. The van der Waals surface area contributed by atoms with Crippen molar-refractivity contribution in [3.05, 3.63) is 0 Å². The van der Waals surface area contributed by atoms with Gasteiger partial charge in [-0.15, -0.1) is 0 Å². The maximum atomic E-state index is 12.0. The highest BCUT2D eigenvalue weighted by atomic mass is 16.5. The molecule has 2 aliphatic rings. The molecule has 108 valence electrons.